The van der Waals surface area contributed by atoms with Crippen molar-refractivity contribution in [1.29, 1.82) is 0 Å². The van der Waals surface area contributed by atoms with E-state index in [0.29, 0.717) is 17.8 Å². The maximum atomic E-state index is 12.2. The fraction of sp³-hybridized carbons (Fsp3) is 0.471. The SMILES string of the molecule is CCNC(=O)c1cccc(NC(=S)NC(=O)C2CCCCC2)c1. The Morgan fingerprint density at radius 1 is 1.22 bits per heavy atom. The van der Waals surface area contributed by atoms with E-state index in [1.165, 1.54) is 6.42 Å². The first-order valence-corrected chi connectivity index (χ1v) is 8.51. The average Bonchev–Trinajstić information content (AvgIpc) is 2.56. The van der Waals surface area contributed by atoms with Crippen LogP contribution in [0.25, 0.3) is 0 Å². The number of amides is 2. The smallest absolute Gasteiger partial charge is 0.251 e. The van der Waals surface area contributed by atoms with Crippen LogP contribution in [0.5, 0.6) is 0 Å². The van der Waals surface area contributed by atoms with Gasteiger partial charge >= 0.3 is 0 Å². The Bertz CT molecular complexity index is 583. The van der Waals surface area contributed by atoms with Crippen LogP contribution in [0.4, 0.5) is 5.69 Å². The Morgan fingerprint density at radius 2 is 1.96 bits per heavy atom. The minimum Gasteiger partial charge on any atom is -0.352 e. The van der Waals surface area contributed by atoms with Gasteiger partial charge in [0, 0.05) is 23.7 Å². The number of benzene rings is 1. The van der Waals surface area contributed by atoms with E-state index in [4.69, 9.17) is 12.2 Å². The van der Waals surface area contributed by atoms with E-state index in [9.17, 15) is 9.59 Å². The molecule has 0 heterocycles. The van der Waals surface area contributed by atoms with Gasteiger partial charge in [0.2, 0.25) is 5.91 Å². The topological polar surface area (TPSA) is 70.2 Å². The molecular weight excluding hydrogens is 310 g/mol. The van der Waals surface area contributed by atoms with E-state index in [-0.39, 0.29) is 22.8 Å². The Balaban J connectivity index is 1.90. The third-order valence-corrected chi connectivity index (χ3v) is 4.14. The third-order valence-electron chi connectivity index (χ3n) is 3.93. The zero-order chi connectivity index (χ0) is 16.7. The molecule has 2 amide bonds. The van der Waals surface area contributed by atoms with Crippen molar-refractivity contribution < 1.29 is 9.59 Å². The summed E-state index contributed by atoms with van der Waals surface area (Å²) in [6.07, 6.45) is 5.28. The van der Waals surface area contributed by atoms with Crippen molar-refractivity contribution in [1.82, 2.24) is 10.6 Å². The molecule has 1 fully saturated rings. The van der Waals surface area contributed by atoms with Crippen molar-refractivity contribution in [3.63, 3.8) is 0 Å². The van der Waals surface area contributed by atoms with Crippen LogP contribution in [0.3, 0.4) is 0 Å². The first kappa shape index (κ1) is 17.4. The lowest BCUT2D eigenvalue weighted by Crippen LogP contribution is -2.39. The van der Waals surface area contributed by atoms with Crippen molar-refractivity contribution in [2.45, 2.75) is 39.0 Å². The number of carbonyl (C=O) groups is 2. The molecule has 0 aliphatic heterocycles. The molecule has 3 N–H and O–H groups in total. The fourth-order valence-electron chi connectivity index (χ4n) is 2.74. The summed E-state index contributed by atoms with van der Waals surface area (Å²) in [7, 11) is 0. The first-order valence-electron chi connectivity index (χ1n) is 8.10. The van der Waals surface area contributed by atoms with Crippen molar-refractivity contribution in [2.24, 2.45) is 5.92 Å². The van der Waals surface area contributed by atoms with Gasteiger partial charge in [-0.3, -0.25) is 9.59 Å². The maximum Gasteiger partial charge on any atom is 0.251 e. The van der Waals surface area contributed by atoms with E-state index >= 15 is 0 Å². The van der Waals surface area contributed by atoms with Gasteiger partial charge < -0.3 is 16.0 Å². The zero-order valence-electron chi connectivity index (χ0n) is 13.4. The van der Waals surface area contributed by atoms with Crippen LogP contribution in [0.1, 0.15) is 49.4 Å². The second kappa shape index (κ2) is 8.62. The molecule has 0 radical (unpaired) electrons. The molecule has 1 aromatic carbocycles. The van der Waals surface area contributed by atoms with Gasteiger partial charge in [0.25, 0.3) is 5.91 Å². The highest BCUT2D eigenvalue weighted by atomic mass is 32.1. The summed E-state index contributed by atoms with van der Waals surface area (Å²) >= 11 is 5.20. The molecule has 23 heavy (non-hydrogen) atoms. The Hall–Kier alpha value is -1.95. The molecule has 1 aromatic rings. The van der Waals surface area contributed by atoms with E-state index in [2.05, 4.69) is 16.0 Å². The Labute approximate surface area is 142 Å². The molecule has 0 unspecified atom stereocenters. The zero-order valence-corrected chi connectivity index (χ0v) is 14.2. The number of thiocarbonyl (C=S) groups is 1. The van der Waals surface area contributed by atoms with Crippen molar-refractivity contribution in [2.75, 3.05) is 11.9 Å². The summed E-state index contributed by atoms with van der Waals surface area (Å²) in [5.41, 5.74) is 1.24. The third kappa shape index (κ3) is 5.32. The molecule has 1 aliphatic rings. The summed E-state index contributed by atoms with van der Waals surface area (Å²) in [5, 5.41) is 8.74. The second-order valence-electron chi connectivity index (χ2n) is 5.72. The maximum absolute atomic E-state index is 12.2. The Kier molecular flexibility index (Phi) is 6.52. The molecule has 0 bridgehead atoms. The summed E-state index contributed by atoms with van der Waals surface area (Å²) in [6, 6.07) is 7.03. The van der Waals surface area contributed by atoms with E-state index < -0.39 is 0 Å². The van der Waals surface area contributed by atoms with Gasteiger partial charge in [-0.2, -0.15) is 0 Å². The number of hydrogen-bond donors (Lipinski definition) is 3. The molecule has 0 saturated heterocycles. The van der Waals surface area contributed by atoms with Gasteiger partial charge in [0.1, 0.15) is 0 Å². The van der Waals surface area contributed by atoms with Crippen molar-refractivity contribution >= 4 is 34.8 Å². The summed E-state index contributed by atoms with van der Waals surface area (Å²) in [6.45, 7) is 2.45. The molecule has 2 rings (SSSR count). The molecule has 6 heteroatoms. The monoisotopic (exact) mass is 333 g/mol. The summed E-state index contributed by atoms with van der Waals surface area (Å²) in [4.78, 5) is 24.0. The van der Waals surface area contributed by atoms with Crippen LogP contribution in [0.2, 0.25) is 0 Å². The van der Waals surface area contributed by atoms with Gasteiger partial charge in [0.15, 0.2) is 5.11 Å². The molecule has 0 aromatic heterocycles. The highest BCUT2D eigenvalue weighted by Crippen LogP contribution is 2.23. The number of carbonyl (C=O) groups excluding carboxylic acids is 2. The Morgan fingerprint density at radius 3 is 2.65 bits per heavy atom. The highest BCUT2D eigenvalue weighted by molar-refractivity contribution is 7.80. The van der Waals surface area contributed by atoms with E-state index in [0.717, 1.165) is 25.7 Å². The largest absolute Gasteiger partial charge is 0.352 e. The number of hydrogen-bond acceptors (Lipinski definition) is 3. The first-order chi connectivity index (χ1) is 11.1. The van der Waals surface area contributed by atoms with Crippen molar-refractivity contribution in [3.05, 3.63) is 29.8 Å². The normalized spacial score (nSPS) is 14.8. The standard InChI is InChI=1S/C17H23N3O2S/c1-2-18-15(21)13-9-6-10-14(11-13)19-17(23)20-16(22)12-7-4-3-5-8-12/h6,9-12H,2-5,7-8H2,1H3,(H,18,21)(H2,19,20,22,23). The van der Waals surface area contributed by atoms with Crippen LogP contribution in [-0.2, 0) is 4.79 Å². The molecule has 0 atom stereocenters. The molecule has 5 nitrogen and oxygen atoms in total. The average molecular weight is 333 g/mol. The van der Waals surface area contributed by atoms with E-state index in [1.54, 1.807) is 18.2 Å². The lowest BCUT2D eigenvalue weighted by molar-refractivity contribution is -0.124. The highest BCUT2D eigenvalue weighted by Gasteiger charge is 2.21. The lowest BCUT2D eigenvalue weighted by atomic mass is 9.89. The molecule has 1 saturated carbocycles. The van der Waals surface area contributed by atoms with Gasteiger partial charge in [-0.25, -0.2) is 0 Å². The quantitative estimate of drug-likeness (QED) is 0.741. The van der Waals surface area contributed by atoms with Crippen LogP contribution in [0.15, 0.2) is 24.3 Å². The minimum absolute atomic E-state index is 0.0120. The van der Waals surface area contributed by atoms with Crippen LogP contribution in [0, 0.1) is 5.92 Å². The molecular formula is C17H23N3O2S. The fourth-order valence-corrected chi connectivity index (χ4v) is 2.96. The molecule has 1 aliphatic carbocycles. The summed E-state index contributed by atoms with van der Waals surface area (Å²) < 4.78 is 0. The van der Waals surface area contributed by atoms with Gasteiger partial charge in [-0.1, -0.05) is 25.3 Å². The minimum atomic E-state index is -0.131. The van der Waals surface area contributed by atoms with Gasteiger partial charge in [-0.15, -0.1) is 0 Å². The van der Waals surface area contributed by atoms with Crippen LogP contribution >= 0.6 is 12.2 Å². The van der Waals surface area contributed by atoms with Crippen molar-refractivity contribution in [3.8, 4) is 0 Å². The number of anilines is 1. The van der Waals surface area contributed by atoms with E-state index in [1.807, 2.05) is 13.0 Å². The van der Waals surface area contributed by atoms with Crippen LogP contribution < -0.4 is 16.0 Å². The second-order valence-corrected chi connectivity index (χ2v) is 6.13. The van der Waals surface area contributed by atoms with Crippen LogP contribution in [-0.4, -0.2) is 23.5 Å². The predicted octanol–water partition coefficient (Wildman–Crippen LogP) is 2.83. The predicted molar refractivity (Wildman–Crippen MR) is 95.4 cm³/mol. The summed E-state index contributed by atoms with van der Waals surface area (Å²) in [5.74, 6) is -0.0828. The molecule has 0 spiro atoms. The lowest BCUT2D eigenvalue weighted by Gasteiger charge is -2.21. The van der Waals surface area contributed by atoms with Gasteiger partial charge in [-0.05, 0) is 50.2 Å². The number of nitrogens with one attached hydrogen (secondary N) is 3. The number of rotatable bonds is 4. The van der Waals surface area contributed by atoms with Gasteiger partial charge in [0.05, 0.1) is 0 Å². The molecule has 124 valence electrons.